The number of benzene rings is 1. The zero-order valence-corrected chi connectivity index (χ0v) is 20.7. The molecule has 2 fully saturated rings. The topological polar surface area (TPSA) is 36.9 Å². The molecule has 0 atom stereocenters. The Morgan fingerprint density at radius 2 is 1.32 bits per heavy atom. The van der Waals surface area contributed by atoms with Crippen LogP contribution in [0, 0.1) is 10.8 Å². The molecule has 31 heavy (non-hydrogen) atoms. The summed E-state index contributed by atoms with van der Waals surface area (Å²) < 4.78 is 23.5. The van der Waals surface area contributed by atoms with E-state index in [2.05, 4.69) is 65.8 Å². The van der Waals surface area contributed by atoms with Gasteiger partial charge in [0.2, 0.25) is 0 Å². The lowest BCUT2D eigenvalue weighted by atomic mass is 9.74. The van der Waals surface area contributed by atoms with E-state index in [1.807, 2.05) is 0 Å². The molecule has 0 amide bonds. The predicted octanol–water partition coefficient (Wildman–Crippen LogP) is 5.95. The number of ether oxygens (including phenoxy) is 4. The van der Waals surface area contributed by atoms with E-state index in [1.54, 1.807) is 0 Å². The summed E-state index contributed by atoms with van der Waals surface area (Å²) >= 11 is 0. The second-order valence-electron chi connectivity index (χ2n) is 11.3. The van der Waals surface area contributed by atoms with Crippen LogP contribution in [0.4, 0.5) is 0 Å². The summed E-state index contributed by atoms with van der Waals surface area (Å²) in [5.41, 5.74) is 2.88. The minimum Gasteiger partial charge on any atom is -0.380 e. The third-order valence-electron chi connectivity index (χ3n) is 7.34. The fraction of sp³-hybridized carbons (Fsp3) is 0.778. The Labute approximate surface area is 190 Å². The average molecular weight is 433 g/mol. The molecule has 2 saturated heterocycles. The van der Waals surface area contributed by atoms with E-state index in [4.69, 9.17) is 18.9 Å². The molecule has 0 radical (unpaired) electrons. The van der Waals surface area contributed by atoms with Crippen molar-refractivity contribution >= 4 is 0 Å². The summed E-state index contributed by atoms with van der Waals surface area (Å²) in [7, 11) is 0. The Balaban J connectivity index is 1.43. The fourth-order valence-electron chi connectivity index (χ4n) is 4.81. The quantitative estimate of drug-likeness (QED) is 0.386. The maximum atomic E-state index is 6.31. The number of hydrogen-bond donors (Lipinski definition) is 0. The van der Waals surface area contributed by atoms with Crippen LogP contribution >= 0.6 is 0 Å². The summed E-state index contributed by atoms with van der Waals surface area (Å²) in [6.45, 7) is 18.3. The van der Waals surface area contributed by atoms with Gasteiger partial charge in [-0.3, -0.25) is 0 Å². The third kappa shape index (κ3) is 6.77. The Kier molecular flexibility index (Phi) is 7.89. The first kappa shape index (κ1) is 24.7. The van der Waals surface area contributed by atoms with E-state index in [0.29, 0.717) is 17.4 Å². The predicted molar refractivity (Wildman–Crippen MR) is 125 cm³/mol. The lowest BCUT2D eigenvalue weighted by molar-refractivity contribution is -0.161. The van der Waals surface area contributed by atoms with Gasteiger partial charge in [-0.15, -0.1) is 0 Å². The highest BCUT2D eigenvalue weighted by atomic mass is 16.5. The van der Waals surface area contributed by atoms with E-state index in [9.17, 15) is 0 Å². The lowest BCUT2D eigenvalue weighted by Crippen LogP contribution is -2.47. The summed E-state index contributed by atoms with van der Waals surface area (Å²) in [6, 6.07) is 8.83. The van der Waals surface area contributed by atoms with Crippen LogP contribution in [0.25, 0.3) is 0 Å². The van der Waals surface area contributed by atoms with Crippen molar-refractivity contribution in [1.82, 2.24) is 0 Å². The largest absolute Gasteiger partial charge is 0.380 e. The zero-order valence-electron chi connectivity index (χ0n) is 20.7. The maximum absolute atomic E-state index is 6.31. The second kappa shape index (κ2) is 9.91. The Bertz CT molecular complexity index is 673. The highest BCUT2D eigenvalue weighted by Gasteiger charge is 2.41. The number of hydrogen-bond acceptors (Lipinski definition) is 4. The van der Waals surface area contributed by atoms with Crippen LogP contribution in [0.15, 0.2) is 24.3 Å². The summed E-state index contributed by atoms with van der Waals surface area (Å²) in [6.07, 6.45) is 5.37. The SMILES string of the molecule is CCC1(CCOC(C)(C)Cc2ccc(COC(C)(C)CC3(CC)COC3)cc2)COC1. The Hall–Kier alpha value is -0.940. The Morgan fingerprint density at radius 1 is 0.774 bits per heavy atom. The first-order valence-electron chi connectivity index (χ1n) is 12.1. The van der Waals surface area contributed by atoms with Crippen molar-refractivity contribution in [3.63, 3.8) is 0 Å². The standard InChI is InChI=1S/C27H44O4/c1-7-26(18-28-19-26)13-14-30-24(3,4)15-22-9-11-23(12-10-22)16-31-25(5,6)17-27(8-2)20-29-21-27/h9-12H,7-8,13-21H2,1-6H3. The number of rotatable bonds is 13. The van der Waals surface area contributed by atoms with Gasteiger partial charge in [-0.2, -0.15) is 0 Å². The van der Waals surface area contributed by atoms with Crippen molar-refractivity contribution in [3.8, 4) is 0 Å². The van der Waals surface area contributed by atoms with Gasteiger partial charge in [-0.1, -0.05) is 38.1 Å². The molecule has 0 N–H and O–H groups in total. The van der Waals surface area contributed by atoms with Crippen molar-refractivity contribution in [2.45, 2.75) is 91.5 Å². The van der Waals surface area contributed by atoms with Crippen LogP contribution in [-0.4, -0.2) is 44.2 Å². The van der Waals surface area contributed by atoms with Crippen molar-refractivity contribution in [2.24, 2.45) is 10.8 Å². The maximum Gasteiger partial charge on any atom is 0.0724 e. The molecule has 2 heterocycles. The molecule has 4 nitrogen and oxygen atoms in total. The minimum absolute atomic E-state index is 0.143. The second-order valence-corrected chi connectivity index (χ2v) is 11.3. The van der Waals surface area contributed by atoms with Gasteiger partial charge in [0.1, 0.15) is 0 Å². The molecule has 0 unspecified atom stereocenters. The van der Waals surface area contributed by atoms with E-state index in [-0.39, 0.29) is 11.2 Å². The van der Waals surface area contributed by atoms with Gasteiger partial charge in [0.05, 0.1) is 44.2 Å². The molecule has 2 aliphatic rings. The normalized spacial score (nSPS) is 20.2. The van der Waals surface area contributed by atoms with Gasteiger partial charge in [0.25, 0.3) is 0 Å². The minimum atomic E-state index is -0.168. The zero-order chi connectivity index (χ0) is 22.6. The molecule has 0 saturated carbocycles. The molecule has 0 aliphatic carbocycles. The molecule has 3 rings (SSSR count). The van der Waals surface area contributed by atoms with Crippen molar-refractivity contribution in [1.29, 1.82) is 0 Å². The van der Waals surface area contributed by atoms with Crippen LogP contribution in [0.2, 0.25) is 0 Å². The molecule has 0 bridgehead atoms. The van der Waals surface area contributed by atoms with Gasteiger partial charge in [-0.25, -0.2) is 0 Å². The van der Waals surface area contributed by atoms with Gasteiger partial charge in [0.15, 0.2) is 0 Å². The van der Waals surface area contributed by atoms with Gasteiger partial charge < -0.3 is 18.9 Å². The van der Waals surface area contributed by atoms with E-state index >= 15 is 0 Å². The molecule has 4 heteroatoms. The molecule has 0 spiro atoms. The molecule has 1 aromatic rings. The monoisotopic (exact) mass is 432 g/mol. The van der Waals surface area contributed by atoms with Crippen molar-refractivity contribution in [2.75, 3.05) is 33.0 Å². The van der Waals surface area contributed by atoms with Gasteiger partial charge in [0, 0.05) is 23.9 Å². The van der Waals surface area contributed by atoms with Crippen LogP contribution in [-0.2, 0) is 32.0 Å². The molecular formula is C27H44O4. The molecule has 0 aromatic heterocycles. The first-order chi connectivity index (χ1) is 14.6. The summed E-state index contributed by atoms with van der Waals surface area (Å²) in [5, 5.41) is 0. The van der Waals surface area contributed by atoms with E-state index < -0.39 is 0 Å². The molecule has 1 aromatic carbocycles. The highest BCUT2D eigenvalue weighted by molar-refractivity contribution is 5.23. The molecule has 176 valence electrons. The molecular weight excluding hydrogens is 388 g/mol. The lowest BCUT2D eigenvalue weighted by Gasteiger charge is -2.45. The van der Waals surface area contributed by atoms with Crippen LogP contribution < -0.4 is 0 Å². The summed E-state index contributed by atoms with van der Waals surface area (Å²) in [4.78, 5) is 0. The van der Waals surface area contributed by atoms with Gasteiger partial charge in [-0.05, 0) is 64.5 Å². The third-order valence-corrected chi connectivity index (χ3v) is 7.34. The molecule has 2 aliphatic heterocycles. The van der Waals surface area contributed by atoms with E-state index in [0.717, 1.165) is 58.7 Å². The average Bonchev–Trinajstić information content (AvgIpc) is 2.66. The van der Waals surface area contributed by atoms with Crippen molar-refractivity contribution < 1.29 is 18.9 Å². The first-order valence-corrected chi connectivity index (χ1v) is 12.1. The Morgan fingerprint density at radius 3 is 1.81 bits per heavy atom. The van der Waals surface area contributed by atoms with Crippen LogP contribution in [0.3, 0.4) is 0 Å². The summed E-state index contributed by atoms with van der Waals surface area (Å²) in [5.74, 6) is 0. The fourth-order valence-corrected chi connectivity index (χ4v) is 4.81. The highest BCUT2D eigenvalue weighted by Crippen LogP contribution is 2.40. The van der Waals surface area contributed by atoms with Crippen LogP contribution in [0.5, 0.6) is 0 Å². The van der Waals surface area contributed by atoms with E-state index in [1.165, 1.54) is 17.5 Å². The van der Waals surface area contributed by atoms with Crippen LogP contribution in [0.1, 0.15) is 78.4 Å². The smallest absolute Gasteiger partial charge is 0.0724 e. The van der Waals surface area contributed by atoms with Crippen molar-refractivity contribution in [3.05, 3.63) is 35.4 Å². The van der Waals surface area contributed by atoms with Gasteiger partial charge >= 0.3 is 0 Å².